The molecule has 0 unspecified atom stereocenters. The van der Waals surface area contributed by atoms with Gasteiger partial charge in [0.25, 0.3) is 0 Å². The van der Waals surface area contributed by atoms with Crippen LogP contribution in [0.25, 0.3) is 11.3 Å². The maximum atomic E-state index is 12.0. The summed E-state index contributed by atoms with van der Waals surface area (Å²) in [5, 5.41) is 0. The monoisotopic (exact) mass is 299 g/mol. The predicted molar refractivity (Wildman–Crippen MR) is 86.8 cm³/mol. The van der Waals surface area contributed by atoms with Crippen LogP contribution in [0.2, 0.25) is 0 Å². The van der Waals surface area contributed by atoms with Crippen LogP contribution in [0.5, 0.6) is 0 Å². The number of aromatic nitrogens is 2. The zero-order chi connectivity index (χ0) is 16.3. The van der Waals surface area contributed by atoms with Crippen molar-refractivity contribution in [2.75, 3.05) is 11.9 Å². The molecule has 0 aliphatic carbocycles. The van der Waals surface area contributed by atoms with E-state index in [4.69, 9.17) is 4.74 Å². The lowest BCUT2D eigenvalue weighted by atomic mass is 10.1. The molecule has 1 amide bonds. The van der Waals surface area contributed by atoms with Crippen molar-refractivity contribution in [2.24, 2.45) is 0 Å². The van der Waals surface area contributed by atoms with Gasteiger partial charge in [0, 0.05) is 25.0 Å². The molecule has 0 aliphatic heterocycles. The van der Waals surface area contributed by atoms with Gasteiger partial charge in [0.1, 0.15) is 11.4 Å². The van der Waals surface area contributed by atoms with Crippen molar-refractivity contribution in [2.45, 2.75) is 33.3 Å². The Hall–Kier alpha value is -2.43. The Morgan fingerprint density at radius 1 is 1.09 bits per heavy atom. The molecule has 0 atom stereocenters. The van der Waals surface area contributed by atoms with Crippen molar-refractivity contribution < 1.29 is 9.53 Å². The quantitative estimate of drug-likeness (QED) is 0.846. The lowest BCUT2D eigenvalue weighted by Gasteiger charge is -2.24. The maximum absolute atomic E-state index is 12.0. The molecule has 22 heavy (non-hydrogen) atoms. The number of pyridine rings is 2. The molecule has 0 saturated heterocycles. The average Bonchev–Trinajstić information content (AvgIpc) is 2.46. The second kappa shape index (κ2) is 6.13. The summed E-state index contributed by atoms with van der Waals surface area (Å²) < 4.78 is 5.32. The van der Waals surface area contributed by atoms with Crippen LogP contribution in [0.15, 0.2) is 36.7 Å². The standard InChI is InChI=1S/C17H21N3O2/c1-12-6-8-14(18-10-12)13-7-9-15(19-11-13)20(5)16(21)22-17(2,3)4/h6-11H,1-5H3. The molecule has 0 N–H and O–H groups in total. The first-order valence-corrected chi connectivity index (χ1v) is 7.12. The molecule has 0 fully saturated rings. The summed E-state index contributed by atoms with van der Waals surface area (Å²) in [5.41, 5.74) is 2.33. The van der Waals surface area contributed by atoms with Crippen molar-refractivity contribution >= 4 is 11.9 Å². The van der Waals surface area contributed by atoms with Gasteiger partial charge in [-0.1, -0.05) is 6.07 Å². The van der Waals surface area contributed by atoms with Crippen LogP contribution in [0.1, 0.15) is 26.3 Å². The lowest BCUT2D eigenvalue weighted by molar-refractivity contribution is 0.0588. The molecule has 0 aromatic carbocycles. The third kappa shape index (κ3) is 4.04. The molecule has 116 valence electrons. The second-order valence-corrected chi connectivity index (χ2v) is 6.17. The molecule has 0 radical (unpaired) electrons. The highest BCUT2D eigenvalue weighted by Crippen LogP contribution is 2.20. The van der Waals surface area contributed by atoms with Gasteiger partial charge in [-0.3, -0.25) is 9.88 Å². The van der Waals surface area contributed by atoms with Crippen molar-refractivity contribution in [3.8, 4) is 11.3 Å². The van der Waals surface area contributed by atoms with E-state index in [0.717, 1.165) is 16.8 Å². The summed E-state index contributed by atoms with van der Waals surface area (Å²) in [6, 6.07) is 7.62. The number of aryl methyl sites for hydroxylation is 1. The van der Waals surface area contributed by atoms with E-state index in [1.807, 2.05) is 52.1 Å². The summed E-state index contributed by atoms with van der Waals surface area (Å²) in [5.74, 6) is 0.533. The third-order valence-corrected chi connectivity index (χ3v) is 2.97. The minimum absolute atomic E-state index is 0.429. The van der Waals surface area contributed by atoms with E-state index in [0.29, 0.717) is 5.82 Å². The first kappa shape index (κ1) is 15.9. The summed E-state index contributed by atoms with van der Waals surface area (Å²) >= 11 is 0. The van der Waals surface area contributed by atoms with Crippen LogP contribution in [-0.4, -0.2) is 28.7 Å². The summed E-state index contributed by atoms with van der Waals surface area (Å²) in [6.45, 7) is 7.49. The first-order chi connectivity index (χ1) is 10.3. The zero-order valence-electron chi connectivity index (χ0n) is 13.6. The van der Waals surface area contributed by atoms with Crippen LogP contribution < -0.4 is 4.90 Å². The highest BCUT2D eigenvalue weighted by atomic mass is 16.6. The van der Waals surface area contributed by atoms with Crippen molar-refractivity contribution in [1.82, 2.24) is 9.97 Å². The average molecular weight is 299 g/mol. The van der Waals surface area contributed by atoms with E-state index in [1.165, 1.54) is 4.90 Å². The fourth-order valence-electron chi connectivity index (χ4n) is 1.80. The van der Waals surface area contributed by atoms with Crippen molar-refractivity contribution in [1.29, 1.82) is 0 Å². The highest BCUT2D eigenvalue weighted by Gasteiger charge is 2.21. The molecule has 5 heteroatoms. The zero-order valence-corrected chi connectivity index (χ0v) is 13.6. The molecule has 0 aliphatic rings. The minimum atomic E-state index is -0.531. The molecule has 2 heterocycles. The minimum Gasteiger partial charge on any atom is -0.443 e. The number of rotatable bonds is 2. The topological polar surface area (TPSA) is 55.3 Å². The number of ether oxygens (including phenoxy) is 1. The van der Waals surface area contributed by atoms with Gasteiger partial charge >= 0.3 is 6.09 Å². The molecular formula is C17H21N3O2. The van der Waals surface area contributed by atoms with Crippen LogP contribution in [0, 0.1) is 6.92 Å². The number of carbonyl (C=O) groups is 1. The van der Waals surface area contributed by atoms with Gasteiger partial charge in [-0.05, 0) is 51.5 Å². The van der Waals surface area contributed by atoms with Gasteiger partial charge in [0.2, 0.25) is 0 Å². The molecule has 2 aromatic rings. The number of hydrogen-bond donors (Lipinski definition) is 0. The molecule has 0 spiro atoms. The Balaban J connectivity index is 2.14. The Labute approximate surface area is 131 Å². The SMILES string of the molecule is Cc1ccc(-c2ccc(N(C)C(=O)OC(C)(C)C)nc2)nc1. The van der Waals surface area contributed by atoms with Crippen LogP contribution in [-0.2, 0) is 4.74 Å². The second-order valence-electron chi connectivity index (χ2n) is 6.17. The molecule has 0 bridgehead atoms. The molecule has 0 saturated carbocycles. The summed E-state index contributed by atoms with van der Waals surface area (Å²) in [4.78, 5) is 22.1. The van der Waals surface area contributed by atoms with Crippen LogP contribution in [0.4, 0.5) is 10.6 Å². The third-order valence-electron chi connectivity index (χ3n) is 2.97. The van der Waals surface area contributed by atoms with E-state index in [-0.39, 0.29) is 0 Å². The summed E-state index contributed by atoms with van der Waals surface area (Å²) in [7, 11) is 1.64. The Kier molecular flexibility index (Phi) is 4.45. The van der Waals surface area contributed by atoms with E-state index in [9.17, 15) is 4.79 Å². The van der Waals surface area contributed by atoms with Gasteiger partial charge in [-0.2, -0.15) is 0 Å². The smallest absolute Gasteiger partial charge is 0.415 e. The van der Waals surface area contributed by atoms with E-state index in [2.05, 4.69) is 9.97 Å². The van der Waals surface area contributed by atoms with Gasteiger partial charge in [-0.25, -0.2) is 9.78 Å². The molecule has 2 rings (SSSR count). The normalized spacial score (nSPS) is 11.1. The van der Waals surface area contributed by atoms with Gasteiger partial charge in [-0.15, -0.1) is 0 Å². The molecule has 2 aromatic heterocycles. The number of hydrogen-bond acceptors (Lipinski definition) is 4. The van der Waals surface area contributed by atoms with Gasteiger partial charge in [0.15, 0.2) is 0 Å². The predicted octanol–water partition coefficient (Wildman–Crippen LogP) is 3.82. The fraction of sp³-hybridized carbons (Fsp3) is 0.353. The van der Waals surface area contributed by atoms with Crippen LogP contribution >= 0.6 is 0 Å². The van der Waals surface area contributed by atoms with Gasteiger partial charge < -0.3 is 4.74 Å². The lowest BCUT2D eigenvalue weighted by Crippen LogP contribution is -2.34. The first-order valence-electron chi connectivity index (χ1n) is 7.12. The fourth-order valence-corrected chi connectivity index (χ4v) is 1.80. The maximum Gasteiger partial charge on any atom is 0.415 e. The largest absolute Gasteiger partial charge is 0.443 e. The Morgan fingerprint density at radius 3 is 2.32 bits per heavy atom. The molecule has 5 nitrogen and oxygen atoms in total. The number of carbonyl (C=O) groups excluding carboxylic acids is 1. The van der Waals surface area contributed by atoms with E-state index in [1.54, 1.807) is 19.3 Å². The summed E-state index contributed by atoms with van der Waals surface area (Å²) in [6.07, 6.45) is 3.09. The van der Waals surface area contributed by atoms with E-state index < -0.39 is 11.7 Å². The number of anilines is 1. The van der Waals surface area contributed by atoms with Crippen LogP contribution in [0.3, 0.4) is 0 Å². The number of nitrogens with zero attached hydrogens (tertiary/aromatic N) is 3. The van der Waals surface area contributed by atoms with Crippen molar-refractivity contribution in [3.63, 3.8) is 0 Å². The van der Waals surface area contributed by atoms with Gasteiger partial charge in [0.05, 0.1) is 5.69 Å². The highest BCUT2D eigenvalue weighted by molar-refractivity contribution is 5.86. The Bertz CT molecular complexity index is 643. The molecular weight excluding hydrogens is 278 g/mol. The van der Waals surface area contributed by atoms with E-state index >= 15 is 0 Å². The number of amides is 1. The Morgan fingerprint density at radius 2 is 1.82 bits per heavy atom. The van der Waals surface area contributed by atoms with Crippen molar-refractivity contribution in [3.05, 3.63) is 42.2 Å².